The summed E-state index contributed by atoms with van der Waals surface area (Å²) in [7, 11) is -0.0684. The average Bonchev–Trinajstić information content (AvgIpc) is 2.72. The van der Waals surface area contributed by atoms with E-state index in [0.717, 1.165) is 10.6 Å². The first kappa shape index (κ1) is 23.0. The van der Waals surface area contributed by atoms with E-state index in [9.17, 15) is 22.8 Å². The number of anilines is 1. The molecule has 0 heterocycles. The molecule has 1 atom stereocenters. The number of hydrogen-bond donors (Lipinski definition) is 1. The third-order valence-corrected chi connectivity index (χ3v) is 5.55. The number of nitrogens with one attached hydrogen (secondary N) is 1. The average molecular weight is 434 g/mol. The largest absolute Gasteiger partial charge is 0.465 e. The Kier molecular flexibility index (Phi) is 7.30. The number of benzene rings is 2. The molecule has 10 heteroatoms. The number of carbonyl (C=O) groups excluding carboxylic acids is 3. The normalized spacial score (nSPS) is 12.2. The molecule has 1 N–H and O–H groups in total. The lowest BCUT2D eigenvalue weighted by Crippen LogP contribution is -2.38. The van der Waals surface area contributed by atoms with Gasteiger partial charge in [0.05, 0.1) is 31.6 Å². The van der Waals surface area contributed by atoms with Crippen LogP contribution in [0.1, 0.15) is 32.3 Å². The number of likely N-dealkylation sites (N-methyl/N-ethyl adjacent to an activating group) is 1. The molecule has 0 spiro atoms. The Morgan fingerprint density at radius 2 is 1.43 bits per heavy atom. The van der Waals surface area contributed by atoms with E-state index in [1.165, 1.54) is 39.5 Å². The predicted octanol–water partition coefficient (Wildman–Crippen LogP) is 1.83. The fourth-order valence-electron chi connectivity index (χ4n) is 2.74. The van der Waals surface area contributed by atoms with Gasteiger partial charge >= 0.3 is 11.9 Å². The monoisotopic (exact) mass is 434 g/mol. The van der Waals surface area contributed by atoms with E-state index in [2.05, 4.69) is 14.8 Å². The first-order chi connectivity index (χ1) is 14.1. The molecule has 1 unspecified atom stereocenters. The van der Waals surface area contributed by atoms with Crippen molar-refractivity contribution in [2.45, 2.75) is 6.04 Å². The summed E-state index contributed by atoms with van der Waals surface area (Å²) in [6.45, 7) is 0. The molecule has 0 aliphatic carbocycles. The molecular weight excluding hydrogens is 412 g/mol. The molecule has 0 aromatic heterocycles. The van der Waals surface area contributed by atoms with Crippen LogP contribution in [0.5, 0.6) is 0 Å². The van der Waals surface area contributed by atoms with E-state index in [0.29, 0.717) is 5.56 Å². The number of esters is 2. The third kappa shape index (κ3) is 5.43. The minimum absolute atomic E-state index is 0.0171. The quantitative estimate of drug-likeness (QED) is 0.660. The zero-order chi connectivity index (χ0) is 22.5. The molecule has 2 aromatic carbocycles. The maximum Gasteiger partial charge on any atom is 0.337 e. The van der Waals surface area contributed by atoms with Crippen molar-refractivity contribution in [3.8, 4) is 0 Å². The number of carbonyl (C=O) groups is 3. The molecule has 2 aromatic rings. The van der Waals surface area contributed by atoms with E-state index in [1.54, 1.807) is 30.3 Å². The summed E-state index contributed by atoms with van der Waals surface area (Å²) in [5, 5.41) is 2.57. The van der Waals surface area contributed by atoms with Crippen LogP contribution in [0.15, 0.2) is 48.5 Å². The van der Waals surface area contributed by atoms with Crippen molar-refractivity contribution in [1.82, 2.24) is 4.31 Å². The molecule has 9 nitrogen and oxygen atoms in total. The van der Waals surface area contributed by atoms with Gasteiger partial charge in [-0.3, -0.25) is 4.79 Å². The van der Waals surface area contributed by atoms with Crippen molar-refractivity contribution in [1.29, 1.82) is 0 Å². The lowest BCUT2D eigenvalue weighted by Gasteiger charge is -2.25. The topological polar surface area (TPSA) is 119 Å². The zero-order valence-corrected chi connectivity index (χ0v) is 17.7. The number of amides is 1. The van der Waals surface area contributed by atoms with E-state index < -0.39 is 33.9 Å². The molecule has 0 bridgehead atoms. The fraction of sp³-hybridized carbons (Fsp3) is 0.250. The summed E-state index contributed by atoms with van der Waals surface area (Å²) < 4.78 is 34.5. The third-order valence-electron chi connectivity index (χ3n) is 4.29. The standard InChI is InChI=1S/C20H22N2O7S/c1-22(30(4,26)27)17(13-8-6-5-7-9-13)18(23)21-16-11-14(19(24)28-2)10-15(12-16)20(25)29-3/h5-12,17H,1-4H3,(H,21,23). The molecule has 0 radical (unpaired) electrons. The van der Waals surface area contributed by atoms with Crippen molar-refractivity contribution in [2.75, 3.05) is 32.8 Å². The van der Waals surface area contributed by atoms with Gasteiger partial charge in [0.15, 0.2) is 0 Å². The Balaban J connectivity index is 2.48. The SMILES string of the molecule is COC(=O)c1cc(NC(=O)C(c2ccccc2)N(C)S(C)(=O)=O)cc(C(=O)OC)c1. The summed E-state index contributed by atoms with van der Waals surface area (Å²) in [5.41, 5.74) is 0.582. The first-order valence-electron chi connectivity index (χ1n) is 8.69. The van der Waals surface area contributed by atoms with Crippen LogP contribution in [0.2, 0.25) is 0 Å². The van der Waals surface area contributed by atoms with Gasteiger partial charge in [0.1, 0.15) is 6.04 Å². The van der Waals surface area contributed by atoms with Crippen molar-refractivity contribution in [3.63, 3.8) is 0 Å². The minimum Gasteiger partial charge on any atom is -0.465 e. The number of rotatable bonds is 7. The second kappa shape index (κ2) is 9.51. The molecule has 2 rings (SSSR count). The molecule has 0 aliphatic rings. The van der Waals surface area contributed by atoms with E-state index in [4.69, 9.17) is 0 Å². The Hall–Kier alpha value is -3.24. The lowest BCUT2D eigenvalue weighted by molar-refractivity contribution is -0.119. The summed E-state index contributed by atoms with van der Waals surface area (Å²) in [5.74, 6) is -2.11. The first-order valence-corrected chi connectivity index (χ1v) is 10.5. The summed E-state index contributed by atoms with van der Waals surface area (Å²) in [4.78, 5) is 36.9. The Morgan fingerprint density at radius 3 is 1.87 bits per heavy atom. The number of ether oxygens (including phenoxy) is 2. The van der Waals surface area contributed by atoms with Gasteiger partial charge in [-0.05, 0) is 23.8 Å². The Bertz CT molecular complexity index is 1020. The van der Waals surface area contributed by atoms with Crippen LogP contribution in [-0.2, 0) is 24.3 Å². The predicted molar refractivity (Wildman–Crippen MR) is 110 cm³/mol. The van der Waals surface area contributed by atoms with Gasteiger partial charge in [-0.15, -0.1) is 0 Å². The zero-order valence-electron chi connectivity index (χ0n) is 16.9. The fourth-order valence-corrected chi connectivity index (χ4v) is 3.34. The maximum absolute atomic E-state index is 13.1. The summed E-state index contributed by atoms with van der Waals surface area (Å²) in [6.07, 6.45) is 0.990. The molecule has 160 valence electrons. The molecule has 30 heavy (non-hydrogen) atoms. The van der Waals surface area contributed by atoms with E-state index >= 15 is 0 Å². The van der Waals surface area contributed by atoms with Crippen LogP contribution in [0, 0.1) is 0 Å². The van der Waals surface area contributed by atoms with Gasteiger partial charge in [0.2, 0.25) is 15.9 Å². The molecule has 0 saturated carbocycles. The molecule has 1 amide bonds. The van der Waals surface area contributed by atoms with Crippen LogP contribution in [0.25, 0.3) is 0 Å². The second-order valence-corrected chi connectivity index (χ2v) is 8.41. The second-order valence-electron chi connectivity index (χ2n) is 6.36. The van der Waals surface area contributed by atoms with E-state index in [-0.39, 0.29) is 16.8 Å². The van der Waals surface area contributed by atoms with Gasteiger partial charge in [-0.1, -0.05) is 30.3 Å². The van der Waals surface area contributed by atoms with Crippen LogP contribution in [0.3, 0.4) is 0 Å². The van der Waals surface area contributed by atoms with Gasteiger partial charge in [-0.25, -0.2) is 18.0 Å². The van der Waals surface area contributed by atoms with Crippen LogP contribution >= 0.6 is 0 Å². The van der Waals surface area contributed by atoms with E-state index in [1.807, 2.05) is 0 Å². The smallest absolute Gasteiger partial charge is 0.337 e. The van der Waals surface area contributed by atoms with Gasteiger partial charge in [0.25, 0.3) is 0 Å². The molecule has 0 saturated heterocycles. The van der Waals surface area contributed by atoms with Crippen molar-refractivity contribution < 1.29 is 32.3 Å². The highest BCUT2D eigenvalue weighted by Gasteiger charge is 2.31. The number of methoxy groups -OCH3 is 2. The van der Waals surface area contributed by atoms with Gasteiger partial charge in [-0.2, -0.15) is 4.31 Å². The highest BCUT2D eigenvalue weighted by atomic mass is 32.2. The van der Waals surface area contributed by atoms with Crippen molar-refractivity contribution >= 4 is 33.6 Å². The Labute approximate surface area is 174 Å². The number of hydrogen-bond acceptors (Lipinski definition) is 7. The van der Waals surface area contributed by atoms with Gasteiger partial charge in [0, 0.05) is 12.7 Å². The molecular formula is C20H22N2O7S. The van der Waals surface area contributed by atoms with Crippen molar-refractivity contribution in [3.05, 3.63) is 65.2 Å². The van der Waals surface area contributed by atoms with Gasteiger partial charge < -0.3 is 14.8 Å². The lowest BCUT2D eigenvalue weighted by atomic mass is 10.1. The highest BCUT2D eigenvalue weighted by Crippen LogP contribution is 2.25. The number of nitrogens with zero attached hydrogens (tertiary/aromatic N) is 1. The number of sulfonamides is 1. The molecule has 0 aliphatic heterocycles. The Morgan fingerprint density at radius 1 is 0.933 bits per heavy atom. The molecule has 0 fully saturated rings. The van der Waals surface area contributed by atoms with Crippen LogP contribution in [-0.4, -0.2) is 58.1 Å². The maximum atomic E-state index is 13.1. The highest BCUT2D eigenvalue weighted by molar-refractivity contribution is 7.88. The minimum atomic E-state index is -3.71. The van der Waals surface area contributed by atoms with Crippen LogP contribution in [0.4, 0.5) is 5.69 Å². The van der Waals surface area contributed by atoms with Crippen molar-refractivity contribution in [2.24, 2.45) is 0 Å². The van der Waals surface area contributed by atoms with Crippen LogP contribution < -0.4 is 5.32 Å². The summed E-state index contributed by atoms with van der Waals surface area (Å²) in [6, 6.07) is 11.1. The summed E-state index contributed by atoms with van der Waals surface area (Å²) >= 11 is 0.